The van der Waals surface area contributed by atoms with Gasteiger partial charge in [0.25, 0.3) is 0 Å². The van der Waals surface area contributed by atoms with Crippen molar-refractivity contribution in [1.29, 1.82) is 0 Å². The molecule has 7 rings (SSSR count). The second-order valence-electron chi connectivity index (χ2n) is 9.83. The van der Waals surface area contributed by atoms with Crippen LogP contribution in [0.4, 0.5) is 17.1 Å². The van der Waals surface area contributed by atoms with Crippen LogP contribution in [0.3, 0.4) is 0 Å². The van der Waals surface area contributed by atoms with E-state index >= 15 is 0 Å². The molecule has 2 nitrogen and oxygen atoms in total. The molecule has 35 heavy (non-hydrogen) atoms. The molecule has 5 aromatic carbocycles. The van der Waals surface area contributed by atoms with Crippen molar-refractivity contribution in [3.63, 3.8) is 0 Å². The van der Waals surface area contributed by atoms with Crippen molar-refractivity contribution in [2.45, 2.75) is 19.3 Å². The Morgan fingerprint density at radius 1 is 0.600 bits per heavy atom. The first kappa shape index (κ1) is 20.1. The van der Waals surface area contributed by atoms with Gasteiger partial charge < -0.3 is 9.64 Å². The van der Waals surface area contributed by atoms with Gasteiger partial charge in [-0.05, 0) is 58.1 Å². The largest absolute Gasteiger partial charge is 0.453 e. The van der Waals surface area contributed by atoms with Crippen LogP contribution in [0.2, 0.25) is 0 Å². The predicted octanol–water partition coefficient (Wildman–Crippen LogP) is 9.24. The van der Waals surface area contributed by atoms with Crippen LogP contribution in [0.15, 0.2) is 115 Å². The fourth-order valence-corrected chi connectivity index (χ4v) is 5.73. The van der Waals surface area contributed by atoms with Gasteiger partial charge in [-0.3, -0.25) is 0 Å². The minimum absolute atomic E-state index is 0.0739. The van der Waals surface area contributed by atoms with Crippen molar-refractivity contribution >= 4 is 17.1 Å². The summed E-state index contributed by atoms with van der Waals surface area (Å²) in [5, 5.41) is 0. The van der Waals surface area contributed by atoms with Gasteiger partial charge >= 0.3 is 0 Å². The highest BCUT2D eigenvalue weighted by atomic mass is 16.5. The number of rotatable bonds is 2. The van der Waals surface area contributed by atoms with Crippen LogP contribution < -0.4 is 9.64 Å². The molecule has 0 atom stereocenters. The van der Waals surface area contributed by atoms with Crippen molar-refractivity contribution in [2.75, 3.05) is 4.90 Å². The third kappa shape index (κ3) is 2.90. The highest BCUT2D eigenvalue weighted by molar-refractivity contribution is 6.00. The topological polar surface area (TPSA) is 12.5 Å². The van der Waals surface area contributed by atoms with Crippen LogP contribution in [-0.2, 0) is 5.41 Å². The van der Waals surface area contributed by atoms with Gasteiger partial charge in [0, 0.05) is 16.7 Å². The third-order valence-corrected chi connectivity index (χ3v) is 7.45. The average Bonchev–Trinajstić information content (AvgIpc) is 3.15. The zero-order valence-corrected chi connectivity index (χ0v) is 19.8. The molecule has 0 N–H and O–H groups in total. The van der Waals surface area contributed by atoms with Crippen molar-refractivity contribution < 1.29 is 4.74 Å². The molecule has 1 aliphatic carbocycles. The number of benzene rings is 5. The van der Waals surface area contributed by atoms with Gasteiger partial charge in [0.05, 0.1) is 11.4 Å². The van der Waals surface area contributed by atoms with Crippen molar-refractivity contribution in [1.82, 2.24) is 0 Å². The van der Waals surface area contributed by atoms with E-state index in [2.05, 4.69) is 134 Å². The molecule has 5 aromatic rings. The van der Waals surface area contributed by atoms with Crippen molar-refractivity contribution in [2.24, 2.45) is 0 Å². The lowest BCUT2D eigenvalue weighted by Crippen LogP contribution is -2.19. The molecule has 2 aliphatic rings. The molecular formula is C33H25NO. The quantitative estimate of drug-likeness (QED) is 0.260. The van der Waals surface area contributed by atoms with Gasteiger partial charge in [0.15, 0.2) is 11.5 Å². The van der Waals surface area contributed by atoms with Crippen molar-refractivity contribution in [3.05, 3.63) is 126 Å². The number of hydrogen-bond donors (Lipinski definition) is 0. The maximum Gasteiger partial charge on any atom is 0.152 e. The molecule has 0 fully saturated rings. The van der Waals surface area contributed by atoms with E-state index < -0.39 is 0 Å². The molecule has 1 heterocycles. The summed E-state index contributed by atoms with van der Waals surface area (Å²) in [6.07, 6.45) is 0. The number of hydrogen-bond acceptors (Lipinski definition) is 2. The maximum atomic E-state index is 6.59. The summed E-state index contributed by atoms with van der Waals surface area (Å²) in [5.41, 5.74) is 10.8. The van der Waals surface area contributed by atoms with Crippen LogP contribution in [0.25, 0.3) is 22.3 Å². The van der Waals surface area contributed by atoms with Gasteiger partial charge in [0.2, 0.25) is 0 Å². The number of fused-ring (bicyclic) bond motifs is 6. The van der Waals surface area contributed by atoms with E-state index in [-0.39, 0.29) is 5.41 Å². The van der Waals surface area contributed by atoms with E-state index in [1.165, 1.54) is 33.4 Å². The first-order valence-corrected chi connectivity index (χ1v) is 12.1. The second-order valence-corrected chi connectivity index (χ2v) is 9.83. The lowest BCUT2D eigenvalue weighted by atomic mass is 9.82. The monoisotopic (exact) mass is 451 g/mol. The normalized spacial score (nSPS) is 14.4. The van der Waals surface area contributed by atoms with Gasteiger partial charge in [-0.15, -0.1) is 0 Å². The van der Waals surface area contributed by atoms with Crippen LogP contribution in [-0.4, -0.2) is 0 Å². The van der Waals surface area contributed by atoms with Gasteiger partial charge in [-0.2, -0.15) is 0 Å². The number of ether oxygens (including phenoxy) is 1. The maximum absolute atomic E-state index is 6.59. The van der Waals surface area contributed by atoms with E-state index in [4.69, 9.17) is 4.74 Å². The molecule has 1 aliphatic heterocycles. The Balaban J connectivity index is 1.53. The van der Waals surface area contributed by atoms with E-state index in [9.17, 15) is 0 Å². The van der Waals surface area contributed by atoms with Gasteiger partial charge in [0.1, 0.15) is 0 Å². The molecule has 0 saturated carbocycles. The predicted molar refractivity (Wildman–Crippen MR) is 144 cm³/mol. The van der Waals surface area contributed by atoms with E-state index in [0.717, 1.165) is 28.6 Å². The van der Waals surface area contributed by atoms with Crippen LogP contribution >= 0.6 is 0 Å². The summed E-state index contributed by atoms with van der Waals surface area (Å²) in [6.45, 7) is 4.64. The standard InChI is InChI=1S/C33H25NO/c1-33(2)26-16-10-9-15-25(26)31-27(33)18-20-30-32(31)34(24-13-7-4-8-14-24)28-21-23(17-19-29(28)35-30)22-11-5-3-6-12-22/h3-21H,1-2H3. The molecule has 0 saturated heterocycles. The molecule has 0 aromatic heterocycles. The first-order valence-electron chi connectivity index (χ1n) is 12.1. The van der Waals surface area contributed by atoms with Crippen LogP contribution in [0, 0.1) is 0 Å². The second kappa shape index (κ2) is 7.35. The molecule has 2 heteroatoms. The summed E-state index contributed by atoms with van der Waals surface area (Å²) in [7, 11) is 0. The summed E-state index contributed by atoms with van der Waals surface area (Å²) in [4.78, 5) is 2.39. The Hall–Kier alpha value is -4.30. The molecule has 0 spiro atoms. The highest BCUT2D eigenvalue weighted by Gasteiger charge is 2.40. The molecular weight excluding hydrogens is 426 g/mol. The summed E-state index contributed by atoms with van der Waals surface area (Å²) >= 11 is 0. The summed E-state index contributed by atoms with van der Waals surface area (Å²) in [6, 6.07) is 40.9. The Morgan fingerprint density at radius 2 is 1.29 bits per heavy atom. The summed E-state index contributed by atoms with van der Waals surface area (Å²) in [5.74, 6) is 1.76. The molecule has 168 valence electrons. The zero-order chi connectivity index (χ0) is 23.6. The average molecular weight is 452 g/mol. The lowest BCUT2D eigenvalue weighted by Gasteiger charge is -2.35. The van der Waals surface area contributed by atoms with Gasteiger partial charge in [-0.25, -0.2) is 0 Å². The summed E-state index contributed by atoms with van der Waals surface area (Å²) < 4.78 is 6.59. The van der Waals surface area contributed by atoms with Gasteiger partial charge in [-0.1, -0.05) is 98.8 Å². The number of anilines is 3. The Morgan fingerprint density at radius 3 is 2.09 bits per heavy atom. The SMILES string of the molecule is CC1(C)c2ccccc2-c2c1ccc1c2N(c2ccccc2)c2cc(-c3ccccc3)ccc2O1. The number of para-hydroxylation sites is 1. The minimum Gasteiger partial charge on any atom is -0.453 e. The Bertz CT molecular complexity index is 1590. The van der Waals surface area contributed by atoms with Crippen molar-refractivity contribution in [3.8, 4) is 33.8 Å². The van der Waals surface area contributed by atoms with Crippen LogP contribution in [0.5, 0.6) is 11.5 Å². The Kier molecular flexibility index (Phi) is 4.22. The molecule has 0 unspecified atom stereocenters. The Labute approximate surface area is 206 Å². The third-order valence-electron chi connectivity index (χ3n) is 7.45. The van der Waals surface area contributed by atoms with E-state index in [0.29, 0.717) is 0 Å². The molecule has 0 radical (unpaired) electrons. The minimum atomic E-state index is -0.0739. The number of nitrogens with zero attached hydrogens (tertiary/aromatic N) is 1. The molecule has 0 amide bonds. The smallest absolute Gasteiger partial charge is 0.152 e. The highest BCUT2D eigenvalue weighted by Crippen LogP contribution is 2.60. The van der Waals surface area contributed by atoms with E-state index in [1.54, 1.807) is 0 Å². The lowest BCUT2D eigenvalue weighted by molar-refractivity contribution is 0.477. The van der Waals surface area contributed by atoms with Crippen LogP contribution in [0.1, 0.15) is 25.0 Å². The fourth-order valence-electron chi connectivity index (χ4n) is 5.73. The fraction of sp³-hybridized carbons (Fsp3) is 0.0909. The van der Waals surface area contributed by atoms with E-state index in [1.807, 2.05) is 0 Å². The molecule has 0 bridgehead atoms. The first-order chi connectivity index (χ1) is 17.1. The zero-order valence-electron chi connectivity index (χ0n) is 19.8.